The van der Waals surface area contributed by atoms with E-state index in [1.54, 1.807) is 17.0 Å². The number of methoxy groups -OCH3 is 2. The summed E-state index contributed by atoms with van der Waals surface area (Å²) in [5, 5.41) is 9.04. The Hall–Kier alpha value is -1.95. The van der Waals surface area contributed by atoms with Crippen LogP contribution in [-0.2, 0) is 0 Å². The van der Waals surface area contributed by atoms with Crippen molar-refractivity contribution in [2.45, 2.75) is 13.3 Å². The zero-order chi connectivity index (χ0) is 15.1. The Balaban J connectivity index is 3.13. The first-order valence-electron chi connectivity index (χ1n) is 6.50. The summed E-state index contributed by atoms with van der Waals surface area (Å²) in [6, 6.07) is 3.13. The van der Waals surface area contributed by atoms with Gasteiger partial charge in [0.25, 0.3) is 5.91 Å². The minimum atomic E-state index is -0.223. The minimum absolute atomic E-state index is 0.0844. The predicted octanol–water partition coefficient (Wildman–Crippen LogP) is 1.13. The van der Waals surface area contributed by atoms with E-state index in [1.165, 1.54) is 14.2 Å². The van der Waals surface area contributed by atoms with Crippen molar-refractivity contribution in [1.29, 1.82) is 0 Å². The number of nitrogens with two attached hydrogens (primary N) is 1. The fourth-order valence-electron chi connectivity index (χ4n) is 1.96. The molecule has 0 saturated carbocycles. The summed E-state index contributed by atoms with van der Waals surface area (Å²) in [4.78, 5) is 14.0. The van der Waals surface area contributed by atoms with Crippen LogP contribution in [0.15, 0.2) is 12.1 Å². The van der Waals surface area contributed by atoms with Gasteiger partial charge < -0.3 is 25.2 Å². The SMILES string of the molecule is CCCN(CCO)C(=O)c1cc(OC)c(OC)cc1N. The van der Waals surface area contributed by atoms with Crippen LogP contribution in [0.4, 0.5) is 5.69 Å². The molecule has 3 N–H and O–H groups in total. The van der Waals surface area contributed by atoms with Crippen LogP contribution in [0.5, 0.6) is 11.5 Å². The van der Waals surface area contributed by atoms with Gasteiger partial charge in [-0.15, -0.1) is 0 Å². The van der Waals surface area contributed by atoms with Crippen molar-refractivity contribution in [3.05, 3.63) is 17.7 Å². The lowest BCUT2D eigenvalue weighted by Crippen LogP contribution is -2.34. The molecule has 0 aliphatic heterocycles. The first-order valence-corrected chi connectivity index (χ1v) is 6.50. The normalized spacial score (nSPS) is 10.2. The van der Waals surface area contributed by atoms with Crippen LogP contribution < -0.4 is 15.2 Å². The average Bonchev–Trinajstić information content (AvgIpc) is 2.46. The lowest BCUT2D eigenvalue weighted by Gasteiger charge is -2.22. The van der Waals surface area contributed by atoms with Crippen molar-refractivity contribution in [2.75, 3.05) is 39.6 Å². The lowest BCUT2D eigenvalue weighted by molar-refractivity contribution is 0.0722. The first kappa shape index (κ1) is 16.1. The predicted molar refractivity (Wildman–Crippen MR) is 77.2 cm³/mol. The van der Waals surface area contributed by atoms with Gasteiger partial charge in [-0.2, -0.15) is 0 Å². The highest BCUT2D eigenvalue weighted by Crippen LogP contribution is 2.32. The van der Waals surface area contributed by atoms with Gasteiger partial charge in [-0.3, -0.25) is 4.79 Å². The minimum Gasteiger partial charge on any atom is -0.493 e. The Kier molecular flexibility index (Phi) is 6.11. The van der Waals surface area contributed by atoms with Gasteiger partial charge in [-0.05, 0) is 12.5 Å². The third kappa shape index (κ3) is 3.54. The molecule has 0 spiro atoms. The number of amides is 1. The van der Waals surface area contributed by atoms with Gasteiger partial charge in [0.2, 0.25) is 0 Å². The van der Waals surface area contributed by atoms with Gasteiger partial charge in [-0.25, -0.2) is 0 Å². The molecule has 0 atom stereocenters. The molecule has 1 aromatic rings. The molecule has 0 aliphatic rings. The summed E-state index contributed by atoms with van der Waals surface area (Å²) in [6.45, 7) is 2.72. The number of carbonyl (C=O) groups excluding carboxylic acids is 1. The summed E-state index contributed by atoms with van der Waals surface area (Å²) in [7, 11) is 3.01. The van der Waals surface area contributed by atoms with E-state index >= 15 is 0 Å². The number of nitrogen functional groups attached to an aromatic ring is 1. The van der Waals surface area contributed by atoms with Crippen LogP contribution in [0.1, 0.15) is 23.7 Å². The molecule has 6 heteroatoms. The van der Waals surface area contributed by atoms with Gasteiger partial charge in [-0.1, -0.05) is 6.92 Å². The molecule has 0 radical (unpaired) electrons. The van der Waals surface area contributed by atoms with E-state index in [4.69, 9.17) is 20.3 Å². The van der Waals surface area contributed by atoms with E-state index in [-0.39, 0.29) is 19.1 Å². The fourth-order valence-corrected chi connectivity index (χ4v) is 1.96. The van der Waals surface area contributed by atoms with Crippen molar-refractivity contribution in [3.63, 3.8) is 0 Å². The second-order valence-electron chi connectivity index (χ2n) is 4.31. The fraction of sp³-hybridized carbons (Fsp3) is 0.500. The highest BCUT2D eigenvalue weighted by Gasteiger charge is 2.20. The maximum absolute atomic E-state index is 12.5. The second-order valence-corrected chi connectivity index (χ2v) is 4.31. The topological polar surface area (TPSA) is 85.0 Å². The van der Waals surface area contributed by atoms with Crippen LogP contribution >= 0.6 is 0 Å². The molecule has 0 aliphatic carbocycles. The van der Waals surface area contributed by atoms with E-state index < -0.39 is 0 Å². The Bertz CT molecular complexity index is 457. The van der Waals surface area contributed by atoms with Crippen molar-refractivity contribution < 1.29 is 19.4 Å². The molecular formula is C14H22N2O4. The number of benzene rings is 1. The quantitative estimate of drug-likeness (QED) is 0.732. The lowest BCUT2D eigenvalue weighted by atomic mass is 10.1. The second kappa shape index (κ2) is 7.59. The van der Waals surface area contributed by atoms with Gasteiger partial charge in [0, 0.05) is 24.8 Å². The van der Waals surface area contributed by atoms with Crippen LogP contribution in [0.25, 0.3) is 0 Å². The molecule has 0 bridgehead atoms. The van der Waals surface area contributed by atoms with Gasteiger partial charge >= 0.3 is 0 Å². The molecule has 112 valence electrons. The number of anilines is 1. The molecule has 0 unspecified atom stereocenters. The van der Waals surface area contributed by atoms with Gasteiger partial charge in [0.15, 0.2) is 11.5 Å². The zero-order valence-corrected chi connectivity index (χ0v) is 12.2. The number of hydrogen-bond donors (Lipinski definition) is 2. The third-order valence-corrected chi connectivity index (χ3v) is 2.94. The Morgan fingerprint density at radius 3 is 2.35 bits per heavy atom. The summed E-state index contributed by atoms with van der Waals surface area (Å²) >= 11 is 0. The number of aliphatic hydroxyl groups excluding tert-OH is 1. The zero-order valence-electron chi connectivity index (χ0n) is 12.2. The maximum atomic E-state index is 12.5. The maximum Gasteiger partial charge on any atom is 0.256 e. The van der Waals surface area contributed by atoms with Crippen molar-refractivity contribution in [2.24, 2.45) is 0 Å². The third-order valence-electron chi connectivity index (χ3n) is 2.94. The number of aliphatic hydroxyl groups is 1. The standard InChI is InChI=1S/C14H22N2O4/c1-4-5-16(6-7-17)14(18)10-8-12(19-2)13(20-3)9-11(10)15/h8-9,17H,4-7,15H2,1-3H3. The van der Waals surface area contributed by atoms with Crippen LogP contribution in [0.2, 0.25) is 0 Å². The Morgan fingerprint density at radius 1 is 1.25 bits per heavy atom. The largest absolute Gasteiger partial charge is 0.493 e. The van der Waals surface area contributed by atoms with E-state index in [0.29, 0.717) is 29.3 Å². The molecule has 0 fully saturated rings. The first-order chi connectivity index (χ1) is 9.58. The number of rotatable bonds is 7. The van der Waals surface area contributed by atoms with Crippen molar-refractivity contribution >= 4 is 11.6 Å². The van der Waals surface area contributed by atoms with Gasteiger partial charge in [0.1, 0.15) is 0 Å². The molecule has 0 heterocycles. The van der Waals surface area contributed by atoms with E-state index in [1.807, 2.05) is 6.92 Å². The average molecular weight is 282 g/mol. The van der Waals surface area contributed by atoms with Crippen LogP contribution in [0, 0.1) is 0 Å². The molecule has 0 aromatic heterocycles. The van der Waals surface area contributed by atoms with Crippen LogP contribution in [0.3, 0.4) is 0 Å². The van der Waals surface area contributed by atoms with Gasteiger partial charge in [0.05, 0.1) is 26.4 Å². The summed E-state index contributed by atoms with van der Waals surface area (Å²) in [5.41, 5.74) is 6.58. The Morgan fingerprint density at radius 2 is 1.85 bits per heavy atom. The van der Waals surface area contributed by atoms with E-state index in [0.717, 1.165) is 6.42 Å². The molecule has 1 aromatic carbocycles. The number of carbonyl (C=O) groups is 1. The molecule has 1 amide bonds. The van der Waals surface area contributed by atoms with E-state index in [9.17, 15) is 4.79 Å². The summed E-state index contributed by atoms with van der Waals surface area (Å²) in [6.07, 6.45) is 0.804. The highest BCUT2D eigenvalue weighted by molar-refractivity contribution is 6.00. The smallest absolute Gasteiger partial charge is 0.256 e. The number of ether oxygens (including phenoxy) is 2. The molecule has 1 rings (SSSR count). The number of hydrogen-bond acceptors (Lipinski definition) is 5. The summed E-state index contributed by atoms with van der Waals surface area (Å²) in [5.74, 6) is 0.704. The Labute approximate surface area is 119 Å². The van der Waals surface area contributed by atoms with Crippen molar-refractivity contribution in [3.8, 4) is 11.5 Å². The highest BCUT2D eigenvalue weighted by atomic mass is 16.5. The molecule has 0 saturated heterocycles. The summed E-state index contributed by atoms with van der Waals surface area (Å²) < 4.78 is 10.3. The molecule has 20 heavy (non-hydrogen) atoms. The monoisotopic (exact) mass is 282 g/mol. The van der Waals surface area contributed by atoms with E-state index in [2.05, 4.69) is 0 Å². The van der Waals surface area contributed by atoms with Crippen molar-refractivity contribution in [1.82, 2.24) is 4.90 Å². The molecule has 6 nitrogen and oxygen atoms in total. The molecular weight excluding hydrogens is 260 g/mol. The van der Waals surface area contributed by atoms with Crippen LogP contribution in [-0.4, -0.2) is 49.8 Å². The number of nitrogens with zero attached hydrogens (tertiary/aromatic N) is 1.